The first kappa shape index (κ1) is 20.7. The van der Waals surface area contributed by atoms with Crippen LogP contribution in [0.25, 0.3) is 0 Å². The van der Waals surface area contributed by atoms with Crippen molar-refractivity contribution in [2.75, 3.05) is 0 Å². The van der Waals surface area contributed by atoms with Gasteiger partial charge in [-0.05, 0) is 56.6 Å². The SMILES string of the molecule is C[C@@H]1C[C@H]2[C@@H]3CCC4=CC(=O)C=C[C@]4(C)[C@@]3(F)[C@@H](O)C[C@]2(C)[C@@]1(O)[C@@H](O)C(=O)O. The summed E-state index contributed by atoms with van der Waals surface area (Å²) in [4.78, 5) is 23.4. The number of aliphatic hydroxyl groups is 3. The van der Waals surface area contributed by atoms with E-state index in [1.54, 1.807) is 26.8 Å². The molecule has 4 aliphatic rings. The molecular formula is C22H29FO6. The number of carbonyl (C=O) groups excluding carboxylic acids is 1. The van der Waals surface area contributed by atoms with Crippen molar-refractivity contribution in [1.82, 2.24) is 0 Å². The summed E-state index contributed by atoms with van der Waals surface area (Å²) in [5.74, 6) is -3.33. The minimum absolute atomic E-state index is 0.166. The molecule has 7 heteroatoms. The predicted molar refractivity (Wildman–Crippen MR) is 101 cm³/mol. The van der Waals surface area contributed by atoms with Crippen LogP contribution in [0.2, 0.25) is 0 Å². The number of carboxylic acids is 1. The van der Waals surface area contributed by atoms with Gasteiger partial charge in [-0.1, -0.05) is 25.5 Å². The fraction of sp³-hybridized carbons (Fsp3) is 0.727. The lowest BCUT2D eigenvalue weighted by atomic mass is 9.44. The number of carboxylic acid groups (broad SMARTS) is 1. The lowest BCUT2D eigenvalue weighted by Crippen LogP contribution is -2.70. The number of aliphatic carboxylic acids is 1. The molecule has 0 radical (unpaired) electrons. The average molecular weight is 408 g/mol. The molecular weight excluding hydrogens is 379 g/mol. The quantitative estimate of drug-likeness (QED) is 0.554. The van der Waals surface area contributed by atoms with Crippen LogP contribution in [-0.4, -0.2) is 55.7 Å². The van der Waals surface area contributed by atoms with Gasteiger partial charge in [0.15, 0.2) is 17.6 Å². The third kappa shape index (κ3) is 2.21. The van der Waals surface area contributed by atoms with Crippen molar-refractivity contribution < 1.29 is 34.4 Å². The number of rotatable bonds is 2. The van der Waals surface area contributed by atoms with E-state index < -0.39 is 58.0 Å². The molecule has 4 aliphatic carbocycles. The molecule has 0 bridgehead atoms. The number of hydrogen-bond acceptors (Lipinski definition) is 5. The fourth-order valence-corrected chi connectivity index (χ4v) is 7.35. The summed E-state index contributed by atoms with van der Waals surface area (Å²) in [6, 6.07) is 0. The Hall–Kier alpha value is -1.57. The number of hydrogen-bond donors (Lipinski definition) is 4. The summed E-state index contributed by atoms with van der Waals surface area (Å²) in [7, 11) is 0. The summed E-state index contributed by atoms with van der Waals surface area (Å²) in [6.45, 7) is 5.05. The highest BCUT2D eigenvalue weighted by atomic mass is 19.1. The maximum atomic E-state index is 16.9. The fourth-order valence-electron chi connectivity index (χ4n) is 7.35. The van der Waals surface area contributed by atoms with Gasteiger partial charge in [0.25, 0.3) is 0 Å². The standard InChI is InChI=1S/C22H29FO6/c1-11-8-15-14-5-4-12-9-13(24)6-7-19(12,2)21(14,23)16(25)10-20(15,3)22(11,29)17(26)18(27)28/h6-7,9,11,14-17,25-26,29H,4-5,8,10H2,1-3H3,(H,27,28)/t11-,14+,15+,16+,17+,19+,20+,21+,22+/m1/s1. The van der Waals surface area contributed by atoms with Gasteiger partial charge in [0.1, 0.15) is 5.60 Å². The van der Waals surface area contributed by atoms with Crippen LogP contribution in [0.4, 0.5) is 4.39 Å². The molecule has 0 aromatic heterocycles. The number of fused-ring (bicyclic) bond motifs is 5. The van der Waals surface area contributed by atoms with E-state index >= 15 is 4.39 Å². The van der Waals surface area contributed by atoms with Crippen LogP contribution in [0.15, 0.2) is 23.8 Å². The third-order valence-corrected chi connectivity index (χ3v) is 8.96. The molecule has 0 heterocycles. The number of allylic oxidation sites excluding steroid dienone is 4. The second-order valence-electron chi connectivity index (χ2n) is 9.97. The first-order valence-electron chi connectivity index (χ1n) is 10.3. The molecule has 6 nitrogen and oxygen atoms in total. The van der Waals surface area contributed by atoms with Crippen LogP contribution in [-0.2, 0) is 9.59 Å². The summed E-state index contributed by atoms with van der Waals surface area (Å²) >= 11 is 0. The molecule has 0 amide bonds. The van der Waals surface area contributed by atoms with Crippen molar-refractivity contribution in [3.8, 4) is 0 Å². The van der Waals surface area contributed by atoms with E-state index in [2.05, 4.69) is 0 Å². The first-order chi connectivity index (χ1) is 13.3. The van der Waals surface area contributed by atoms with Gasteiger partial charge in [-0.3, -0.25) is 4.79 Å². The molecule has 29 heavy (non-hydrogen) atoms. The van der Waals surface area contributed by atoms with E-state index in [9.17, 15) is 30.0 Å². The van der Waals surface area contributed by atoms with Gasteiger partial charge in [-0.2, -0.15) is 0 Å². The Balaban J connectivity index is 1.83. The normalized spacial score (nSPS) is 52.2. The van der Waals surface area contributed by atoms with Crippen molar-refractivity contribution in [2.45, 2.75) is 69.9 Å². The molecule has 0 aromatic carbocycles. The summed E-state index contributed by atoms with van der Waals surface area (Å²) in [6.07, 6.45) is 1.94. The Morgan fingerprint density at radius 1 is 1.31 bits per heavy atom. The zero-order valence-corrected chi connectivity index (χ0v) is 16.9. The maximum absolute atomic E-state index is 16.9. The van der Waals surface area contributed by atoms with Gasteiger partial charge in [-0.25, -0.2) is 9.18 Å². The molecule has 0 spiro atoms. The Labute approximate surface area is 169 Å². The van der Waals surface area contributed by atoms with Gasteiger partial charge in [0, 0.05) is 16.7 Å². The average Bonchev–Trinajstić information content (AvgIpc) is 2.84. The van der Waals surface area contributed by atoms with Crippen molar-refractivity contribution in [2.24, 2.45) is 28.6 Å². The van der Waals surface area contributed by atoms with Gasteiger partial charge < -0.3 is 20.4 Å². The molecule has 3 fully saturated rings. The Morgan fingerprint density at radius 3 is 2.59 bits per heavy atom. The number of halogens is 1. The van der Waals surface area contributed by atoms with E-state index in [0.29, 0.717) is 24.8 Å². The second kappa shape index (κ2) is 5.99. The van der Waals surface area contributed by atoms with Crippen LogP contribution in [0.1, 0.15) is 46.5 Å². The van der Waals surface area contributed by atoms with Gasteiger partial charge >= 0.3 is 5.97 Å². The van der Waals surface area contributed by atoms with Crippen LogP contribution < -0.4 is 0 Å². The minimum Gasteiger partial charge on any atom is -0.479 e. The van der Waals surface area contributed by atoms with Crippen LogP contribution >= 0.6 is 0 Å². The van der Waals surface area contributed by atoms with E-state index in [1.165, 1.54) is 12.2 Å². The van der Waals surface area contributed by atoms with Crippen LogP contribution in [0.5, 0.6) is 0 Å². The van der Waals surface area contributed by atoms with Crippen molar-refractivity contribution >= 4 is 11.8 Å². The van der Waals surface area contributed by atoms with E-state index in [4.69, 9.17) is 0 Å². The highest BCUT2D eigenvalue weighted by Gasteiger charge is 2.75. The Bertz CT molecular complexity index is 837. The molecule has 0 saturated heterocycles. The zero-order chi connectivity index (χ0) is 21.6. The van der Waals surface area contributed by atoms with Gasteiger partial charge in [0.2, 0.25) is 0 Å². The lowest BCUT2D eigenvalue weighted by Gasteiger charge is -2.63. The molecule has 0 aromatic rings. The molecule has 160 valence electrons. The third-order valence-electron chi connectivity index (χ3n) is 8.96. The molecule has 0 unspecified atom stereocenters. The topological polar surface area (TPSA) is 115 Å². The Kier molecular flexibility index (Phi) is 4.27. The maximum Gasteiger partial charge on any atom is 0.335 e. The number of alkyl halides is 1. The monoisotopic (exact) mass is 408 g/mol. The molecule has 3 saturated carbocycles. The highest BCUT2D eigenvalue weighted by molar-refractivity contribution is 6.01. The summed E-state index contributed by atoms with van der Waals surface area (Å²) in [5, 5.41) is 42.4. The lowest BCUT2D eigenvalue weighted by molar-refractivity contribution is -0.240. The van der Waals surface area contributed by atoms with Gasteiger partial charge in [-0.15, -0.1) is 0 Å². The smallest absolute Gasteiger partial charge is 0.335 e. The van der Waals surface area contributed by atoms with E-state index in [-0.39, 0.29) is 12.2 Å². The summed E-state index contributed by atoms with van der Waals surface area (Å²) in [5.41, 5.74) is -5.65. The number of carbonyl (C=O) groups is 2. The van der Waals surface area contributed by atoms with Gasteiger partial charge in [0.05, 0.1) is 6.10 Å². The van der Waals surface area contributed by atoms with Crippen molar-refractivity contribution in [3.05, 3.63) is 23.8 Å². The van der Waals surface area contributed by atoms with E-state index in [0.717, 1.165) is 0 Å². The van der Waals surface area contributed by atoms with Crippen molar-refractivity contribution in [1.29, 1.82) is 0 Å². The van der Waals surface area contributed by atoms with Crippen molar-refractivity contribution in [3.63, 3.8) is 0 Å². The molecule has 9 atom stereocenters. The first-order valence-corrected chi connectivity index (χ1v) is 10.3. The molecule has 0 aliphatic heterocycles. The minimum atomic E-state index is -2.04. The second-order valence-corrected chi connectivity index (χ2v) is 9.97. The van der Waals surface area contributed by atoms with Crippen LogP contribution in [0.3, 0.4) is 0 Å². The zero-order valence-electron chi connectivity index (χ0n) is 16.9. The largest absolute Gasteiger partial charge is 0.479 e. The predicted octanol–water partition coefficient (Wildman–Crippen LogP) is 1.78. The van der Waals surface area contributed by atoms with Crippen LogP contribution in [0, 0.1) is 28.6 Å². The number of aliphatic hydroxyl groups excluding tert-OH is 2. The highest BCUT2D eigenvalue weighted by Crippen LogP contribution is 2.71. The Morgan fingerprint density at radius 2 is 1.97 bits per heavy atom. The molecule has 4 rings (SSSR count). The number of ketones is 1. The summed E-state index contributed by atoms with van der Waals surface area (Å²) < 4.78 is 16.9. The van der Waals surface area contributed by atoms with E-state index in [1.807, 2.05) is 0 Å². The molecule has 4 N–H and O–H groups in total.